The van der Waals surface area contributed by atoms with Gasteiger partial charge in [0.15, 0.2) is 0 Å². The van der Waals surface area contributed by atoms with Crippen molar-refractivity contribution in [2.45, 2.75) is 51.4 Å². The highest BCUT2D eigenvalue weighted by Crippen LogP contribution is 2.28. The van der Waals surface area contributed by atoms with Crippen LogP contribution in [0.4, 0.5) is 0 Å². The molecule has 2 atom stereocenters. The molecular weight excluding hydrogens is 228 g/mol. The van der Waals surface area contributed by atoms with E-state index in [1.54, 1.807) is 0 Å². The summed E-state index contributed by atoms with van der Waals surface area (Å²) in [7, 11) is 0. The van der Waals surface area contributed by atoms with Gasteiger partial charge in [0, 0.05) is 26.2 Å². The molecule has 0 aromatic rings. The maximum Gasteiger partial charge on any atom is 0.0826 e. The third-order valence-electron chi connectivity index (χ3n) is 3.97. The second-order valence-corrected chi connectivity index (χ2v) is 6.08. The van der Waals surface area contributed by atoms with E-state index in [4.69, 9.17) is 9.47 Å². The number of likely N-dealkylation sites (N-methyl/N-ethyl adjacent to an activating group) is 1. The second kappa shape index (κ2) is 6.33. The van der Waals surface area contributed by atoms with Gasteiger partial charge in [-0.1, -0.05) is 6.92 Å². The highest BCUT2D eigenvalue weighted by molar-refractivity contribution is 4.82. The van der Waals surface area contributed by atoms with Crippen LogP contribution in [-0.4, -0.2) is 62.0 Å². The Bertz CT molecular complexity index is 258. The highest BCUT2D eigenvalue weighted by atomic mass is 16.5. The first-order chi connectivity index (χ1) is 8.59. The molecule has 0 spiro atoms. The fourth-order valence-corrected chi connectivity index (χ4v) is 2.82. The molecule has 4 nitrogen and oxygen atoms in total. The molecule has 2 heterocycles. The summed E-state index contributed by atoms with van der Waals surface area (Å²) in [6, 6.07) is 0. The topological polar surface area (TPSA) is 33.7 Å². The lowest BCUT2D eigenvalue weighted by atomic mass is 10.1. The molecule has 0 aromatic carbocycles. The molecule has 106 valence electrons. The van der Waals surface area contributed by atoms with Crippen LogP contribution in [0.1, 0.15) is 33.6 Å². The molecule has 0 amide bonds. The average Bonchev–Trinajstić information content (AvgIpc) is 2.69. The molecule has 2 rings (SSSR count). The van der Waals surface area contributed by atoms with Crippen molar-refractivity contribution in [2.75, 3.05) is 39.3 Å². The summed E-state index contributed by atoms with van der Waals surface area (Å²) in [5.41, 5.74) is 0.0761. The number of nitrogens with one attached hydrogen (secondary N) is 1. The van der Waals surface area contributed by atoms with Crippen LogP contribution < -0.4 is 5.32 Å². The fourth-order valence-electron chi connectivity index (χ4n) is 2.82. The predicted octanol–water partition coefficient (Wildman–Crippen LogP) is 1.25. The molecule has 1 N–H and O–H groups in total. The molecule has 0 aliphatic carbocycles. The second-order valence-electron chi connectivity index (χ2n) is 6.08. The summed E-state index contributed by atoms with van der Waals surface area (Å²) in [6.07, 6.45) is 3.06. The van der Waals surface area contributed by atoms with Gasteiger partial charge in [-0.05, 0) is 33.2 Å². The fraction of sp³-hybridized carbons (Fsp3) is 1.00. The van der Waals surface area contributed by atoms with Gasteiger partial charge < -0.3 is 14.8 Å². The zero-order valence-corrected chi connectivity index (χ0v) is 12.1. The smallest absolute Gasteiger partial charge is 0.0826 e. The van der Waals surface area contributed by atoms with Crippen molar-refractivity contribution in [3.8, 4) is 0 Å². The van der Waals surface area contributed by atoms with Crippen LogP contribution in [0.15, 0.2) is 0 Å². The van der Waals surface area contributed by atoms with Crippen LogP contribution in [0.2, 0.25) is 0 Å². The summed E-state index contributed by atoms with van der Waals surface area (Å²) in [4.78, 5) is 2.45. The normalized spacial score (nSPS) is 32.8. The minimum atomic E-state index is 0.0761. The zero-order valence-electron chi connectivity index (χ0n) is 12.1. The molecule has 0 radical (unpaired) electrons. The van der Waals surface area contributed by atoms with Crippen LogP contribution in [0.3, 0.4) is 0 Å². The van der Waals surface area contributed by atoms with E-state index >= 15 is 0 Å². The van der Waals surface area contributed by atoms with E-state index in [-0.39, 0.29) is 5.60 Å². The van der Waals surface area contributed by atoms with E-state index < -0.39 is 0 Å². The van der Waals surface area contributed by atoms with Crippen molar-refractivity contribution in [3.63, 3.8) is 0 Å². The molecule has 0 aromatic heterocycles. The lowest BCUT2D eigenvalue weighted by Gasteiger charge is -2.32. The van der Waals surface area contributed by atoms with Crippen molar-refractivity contribution in [1.82, 2.24) is 10.2 Å². The summed E-state index contributed by atoms with van der Waals surface area (Å²) in [5, 5.41) is 3.50. The lowest BCUT2D eigenvalue weighted by molar-refractivity contribution is -0.0326. The molecular formula is C14H28N2O2. The number of hydrogen-bond donors (Lipinski definition) is 1. The minimum Gasteiger partial charge on any atom is -0.374 e. The first-order valence-corrected chi connectivity index (χ1v) is 7.31. The van der Waals surface area contributed by atoms with Crippen LogP contribution in [0, 0.1) is 0 Å². The highest BCUT2D eigenvalue weighted by Gasteiger charge is 2.31. The van der Waals surface area contributed by atoms with E-state index in [1.165, 1.54) is 12.8 Å². The third-order valence-corrected chi connectivity index (χ3v) is 3.97. The van der Waals surface area contributed by atoms with Crippen LogP contribution in [0.25, 0.3) is 0 Å². The number of rotatable bonds is 5. The van der Waals surface area contributed by atoms with Gasteiger partial charge in [0.25, 0.3) is 0 Å². The first-order valence-electron chi connectivity index (χ1n) is 7.31. The zero-order chi connectivity index (χ0) is 13.0. The molecule has 2 saturated heterocycles. The molecule has 18 heavy (non-hydrogen) atoms. The van der Waals surface area contributed by atoms with Gasteiger partial charge in [-0.25, -0.2) is 0 Å². The monoisotopic (exact) mass is 256 g/mol. The number of morpholine rings is 1. The van der Waals surface area contributed by atoms with Gasteiger partial charge in [0.2, 0.25) is 0 Å². The third kappa shape index (κ3) is 4.19. The number of ether oxygens (including phenoxy) is 2. The predicted molar refractivity (Wildman–Crippen MR) is 72.9 cm³/mol. The Morgan fingerprint density at radius 1 is 1.28 bits per heavy atom. The Hall–Kier alpha value is -0.160. The van der Waals surface area contributed by atoms with E-state index in [1.807, 2.05) is 0 Å². The molecule has 2 unspecified atom stereocenters. The van der Waals surface area contributed by atoms with Crippen molar-refractivity contribution >= 4 is 0 Å². The Morgan fingerprint density at radius 3 is 2.72 bits per heavy atom. The summed E-state index contributed by atoms with van der Waals surface area (Å²) >= 11 is 0. The Labute approximate surface area is 111 Å². The van der Waals surface area contributed by atoms with Gasteiger partial charge >= 0.3 is 0 Å². The van der Waals surface area contributed by atoms with Crippen molar-refractivity contribution in [1.29, 1.82) is 0 Å². The molecule has 0 saturated carbocycles. The minimum absolute atomic E-state index is 0.0761. The standard InChI is InChI=1S/C14H28N2O2/c1-4-16-7-8-17-13(11-16)10-15-9-12-5-6-14(2,3)18-12/h12-13,15H,4-11H2,1-3H3. The maximum atomic E-state index is 5.97. The largest absolute Gasteiger partial charge is 0.374 e. The van der Waals surface area contributed by atoms with Gasteiger partial charge in [-0.3, -0.25) is 4.90 Å². The Balaban J connectivity index is 1.61. The molecule has 2 aliphatic heterocycles. The number of hydrogen-bond acceptors (Lipinski definition) is 4. The molecule has 2 fully saturated rings. The van der Waals surface area contributed by atoms with Crippen LogP contribution >= 0.6 is 0 Å². The Morgan fingerprint density at radius 2 is 2.06 bits per heavy atom. The van der Waals surface area contributed by atoms with Gasteiger partial charge in [-0.2, -0.15) is 0 Å². The van der Waals surface area contributed by atoms with Gasteiger partial charge in [0.1, 0.15) is 0 Å². The van der Waals surface area contributed by atoms with Crippen molar-refractivity contribution < 1.29 is 9.47 Å². The molecule has 0 bridgehead atoms. The lowest BCUT2D eigenvalue weighted by Crippen LogP contribution is -2.47. The quantitative estimate of drug-likeness (QED) is 0.803. The Kier molecular flexibility index (Phi) is 5.01. The molecule has 2 aliphatic rings. The van der Waals surface area contributed by atoms with E-state index in [0.29, 0.717) is 12.2 Å². The maximum absolute atomic E-state index is 5.97. The van der Waals surface area contributed by atoms with Gasteiger partial charge in [-0.15, -0.1) is 0 Å². The molecule has 4 heteroatoms. The van der Waals surface area contributed by atoms with E-state index in [9.17, 15) is 0 Å². The van der Waals surface area contributed by atoms with Crippen LogP contribution in [0.5, 0.6) is 0 Å². The summed E-state index contributed by atoms with van der Waals surface area (Å²) < 4.78 is 11.7. The SMILES string of the molecule is CCN1CCOC(CNCC2CCC(C)(C)O2)C1. The average molecular weight is 256 g/mol. The van der Waals surface area contributed by atoms with E-state index in [2.05, 4.69) is 31.0 Å². The van der Waals surface area contributed by atoms with E-state index in [0.717, 1.165) is 39.3 Å². The van der Waals surface area contributed by atoms with Crippen molar-refractivity contribution in [2.24, 2.45) is 0 Å². The van der Waals surface area contributed by atoms with Gasteiger partial charge in [0.05, 0.1) is 24.4 Å². The summed E-state index contributed by atoms with van der Waals surface area (Å²) in [5.74, 6) is 0. The van der Waals surface area contributed by atoms with Crippen LogP contribution in [-0.2, 0) is 9.47 Å². The van der Waals surface area contributed by atoms with Crippen molar-refractivity contribution in [3.05, 3.63) is 0 Å². The summed E-state index contributed by atoms with van der Waals surface area (Å²) in [6.45, 7) is 12.6. The first kappa shape index (κ1) is 14.3. The number of nitrogens with zero attached hydrogens (tertiary/aromatic N) is 1.